The first-order chi connectivity index (χ1) is 8.13. The highest BCUT2D eigenvalue weighted by molar-refractivity contribution is 5.75. The fourth-order valence-electron chi connectivity index (χ4n) is 2.00. The summed E-state index contributed by atoms with van der Waals surface area (Å²) in [6.07, 6.45) is 3.40. The zero-order valence-corrected chi connectivity index (χ0v) is 10.1. The van der Waals surface area contributed by atoms with Gasteiger partial charge in [-0.25, -0.2) is 0 Å². The van der Waals surface area contributed by atoms with E-state index in [0.717, 1.165) is 19.3 Å². The van der Waals surface area contributed by atoms with Crippen LogP contribution in [-0.4, -0.2) is 31.1 Å². The van der Waals surface area contributed by atoms with Gasteiger partial charge < -0.3 is 10.5 Å². The molecule has 0 saturated heterocycles. The Balaban J connectivity index is 2.28. The molecule has 2 unspecified atom stereocenters. The number of ether oxygens (including phenoxy) is 1. The van der Waals surface area contributed by atoms with Gasteiger partial charge in [-0.3, -0.25) is 14.4 Å². The van der Waals surface area contributed by atoms with Crippen molar-refractivity contribution in [1.29, 1.82) is 0 Å². The Bertz CT molecular complexity index is 270. The third-order valence-electron chi connectivity index (χ3n) is 2.76. The number of hydrogen-bond donors (Lipinski definition) is 2. The number of carbonyl (C=O) groups is 2. The Morgan fingerprint density at radius 1 is 1.41 bits per heavy atom. The number of hydrogen-bond acceptors (Lipinski definition) is 5. The highest BCUT2D eigenvalue weighted by Crippen LogP contribution is 2.25. The van der Waals surface area contributed by atoms with Gasteiger partial charge in [0.05, 0.1) is 12.5 Å². The zero-order valence-electron chi connectivity index (χ0n) is 10.1. The second-order valence-corrected chi connectivity index (χ2v) is 4.19. The van der Waals surface area contributed by atoms with Gasteiger partial charge in [0.15, 0.2) is 0 Å². The summed E-state index contributed by atoms with van der Waals surface area (Å²) in [5.74, 6) is -0.734. The molecular formula is C11H20N2O4. The number of hydroxylamine groups is 1. The predicted molar refractivity (Wildman–Crippen MR) is 60.7 cm³/mol. The first-order valence-corrected chi connectivity index (χ1v) is 5.95. The molecule has 0 radical (unpaired) electrons. The maximum absolute atomic E-state index is 11.6. The van der Waals surface area contributed by atoms with Crippen LogP contribution in [-0.2, 0) is 19.2 Å². The van der Waals surface area contributed by atoms with Crippen molar-refractivity contribution < 1.29 is 19.2 Å². The van der Waals surface area contributed by atoms with Crippen molar-refractivity contribution in [2.75, 3.05) is 13.2 Å². The molecule has 0 spiro atoms. The molecule has 2 atom stereocenters. The Kier molecular flexibility index (Phi) is 5.93. The molecule has 0 aromatic heterocycles. The monoisotopic (exact) mass is 244 g/mol. The van der Waals surface area contributed by atoms with E-state index in [9.17, 15) is 9.59 Å². The van der Waals surface area contributed by atoms with Gasteiger partial charge in [-0.1, -0.05) is 6.42 Å². The van der Waals surface area contributed by atoms with E-state index in [4.69, 9.17) is 15.3 Å². The summed E-state index contributed by atoms with van der Waals surface area (Å²) in [5, 5.41) is 0. The molecule has 1 fully saturated rings. The van der Waals surface area contributed by atoms with Gasteiger partial charge in [0.2, 0.25) is 5.91 Å². The standard InChI is InChI=1S/C11H20N2O4/c1-2-16-11(15)8-4-3-5-9(6-8)13-17-7-10(12)14/h8-9,13H,2-7H2,1H3,(H2,12,14). The largest absolute Gasteiger partial charge is 0.466 e. The van der Waals surface area contributed by atoms with Crippen LogP contribution in [0.1, 0.15) is 32.6 Å². The lowest BCUT2D eigenvalue weighted by Crippen LogP contribution is -2.38. The van der Waals surface area contributed by atoms with Gasteiger partial charge >= 0.3 is 5.97 Å². The number of nitrogens with two attached hydrogens (primary N) is 1. The fraction of sp³-hybridized carbons (Fsp3) is 0.818. The summed E-state index contributed by atoms with van der Waals surface area (Å²) in [6.45, 7) is 2.05. The Morgan fingerprint density at radius 3 is 2.82 bits per heavy atom. The van der Waals surface area contributed by atoms with Crippen molar-refractivity contribution in [2.45, 2.75) is 38.6 Å². The molecule has 0 aliphatic heterocycles. The van der Waals surface area contributed by atoms with E-state index in [0.29, 0.717) is 13.0 Å². The van der Waals surface area contributed by atoms with Crippen molar-refractivity contribution >= 4 is 11.9 Å². The Hall–Kier alpha value is -1.14. The second kappa shape index (κ2) is 7.24. The number of rotatable bonds is 6. The van der Waals surface area contributed by atoms with Gasteiger partial charge in [0, 0.05) is 6.04 Å². The molecular weight excluding hydrogens is 224 g/mol. The molecule has 6 heteroatoms. The van der Waals surface area contributed by atoms with Gasteiger partial charge in [0.25, 0.3) is 0 Å². The molecule has 17 heavy (non-hydrogen) atoms. The van der Waals surface area contributed by atoms with Crippen LogP contribution in [0.15, 0.2) is 0 Å². The lowest BCUT2D eigenvalue weighted by Gasteiger charge is -2.27. The van der Waals surface area contributed by atoms with Gasteiger partial charge in [-0.15, -0.1) is 0 Å². The van der Waals surface area contributed by atoms with Gasteiger partial charge in [-0.2, -0.15) is 5.48 Å². The Labute approximate surface area is 101 Å². The maximum atomic E-state index is 11.6. The van der Waals surface area contributed by atoms with E-state index in [1.165, 1.54) is 0 Å². The SMILES string of the molecule is CCOC(=O)C1CCCC(NOCC(N)=O)C1. The Morgan fingerprint density at radius 2 is 2.18 bits per heavy atom. The highest BCUT2D eigenvalue weighted by atomic mass is 16.6. The molecule has 1 aliphatic carbocycles. The molecule has 1 amide bonds. The van der Waals surface area contributed by atoms with Crippen LogP contribution < -0.4 is 11.2 Å². The molecule has 0 heterocycles. The fourth-order valence-corrected chi connectivity index (χ4v) is 2.00. The normalized spacial score (nSPS) is 24.3. The summed E-state index contributed by atoms with van der Waals surface area (Å²) in [6, 6.07) is 0.0810. The second-order valence-electron chi connectivity index (χ2n) is 4.19. The first kappa shape index (κ1) is 13.9. The third kappa shape index (κ3) is 5.14. The molecule has 0 aromatic carbocycles. The van der Waals surface area contributed by atoms with Crippen molar-refractivity contribution in [2.24, 2.45) is 11.7 Å². The summed E-state index contributed by atoms with van der Waals surface area (Å²) in [7, 11) is 0. The maximum Gasteiger partial charge on any atom is 0.308 e. The molecule has 98 valence electrons. The summed E-state index contributed by atoms with van der Waals surface area (Å²) < 4.78 is 4.99. The minimum Gasteiger partial charge on any atom is -0.466 e. The van der Waals surface area contributed by atoms with Crippen LogP contribution in [0, 0.1) is 5.92 Å². The lowest BCUT2D eigenvalue weighted by atomic mass is 9.86. The molecule has 1 aliphatic rings. The average Bonchev–Trinajstić information content (AvgIpc) is 2.29. The van der Waals surface area contributed by atoms with E-state index in [1.807, 2.05) is 0 Å². The molecule has 3 N–H and O–H groups in total. The highest BCUT2D eigenvalue weighted by Gasteiger charge is 2.28. The van der Waals surface area contributed by atoms with Crippen molar-refractivity contribution in [3.63, 3.8) is 0 Å². The zero-order chi connectivity index (χ0) is 12.7. The van der Waals surface area contributed by atoms with Crippen molar-refractivity contribution in [3.05, 3.63) is 0 Å². The van der Waals surface area contributed by atoms with Crippen LogP contribution in [0.2, 0.25) is 0 Å². The van der Waals surface area contributed by atoms with Crippen LogP contribution >= 0.6 is 0 Å². The summed E-state index contributed by atoms with van der Waals surface area (Å²) in [5.41, 5.74) is 7.72. The van der Waals surface area contributed by atoms with E-state index in [-0.39, 0.29) is 24.5 Å². The third-order valence-corrected chi connectivity index (χ3v) is 2.76. The summed E-state index contributed by atoms with van der Waals surface area (Å²) in [4.78, 5) is 27.0. The van der Waals surface area contributed by atoms with Crippen LogP contribution in [0.25, 0.3) is 0 Å². The van der Waals surface area contributed by atoms with E-state index >= 15 is 0 Å². The molecule has 0 bridgehead atoms. The van der Waals surface area contributed by atoms with Gasteiger partial charge in [0.1, 0.15) is 6.61 Å². The van der Waals surface area contributed by atoms with E-state index in [2.05, 4.69) is 5.48 Å². The average molecular weight is 244 g/mol. The minimum atomic E-state index is -0.518. The van der Waals surface area contributed by atoms with E-state index < -0.39 is 5.91 Å². The summed E-state index contributed by atoms with van der Waals surface area (Å²) >= 11 is 0. The minimum absolute atomic E-state index is 0.0709. The van der Waals surface area contributed by atoms with Crippen molar-refractivity contribution in [3.8, 4) is 0 Å². The van der Waals surface area contributed by atoms with Crippen LogP contribution in [0.5, 0.6) is 0 Å². The smallest absolute Gasteiger partial charge is 0.308 e. The predicted octanol–water partition coefficient (Wildman–Crippen LogP) is 0.115. The van der Waals surface area contributed by atoms with Crippen LogP contribution in [0.4, 0.5) is 0 Å². The van der Waals surface area contributed by atoms with E-state index in [1.54, 1.807) is 6.92 Å². The molecule has 0 aromatic rings. The molecule has 6 nitrogen and oxygen atoms in total. The quantitative estimate of drug-likeness (QED) is 0.511. The first-order valence-electron chi connectivity index (χ1n) is 5.95. The van der Waals surface area contributed by atoms with Crippen LogP contribution in [0.3, 0.4) is 0 Å². The topological polar surface area (TPSA) is 90.7 Å². The molecule has 1 rings (SSSR count). The number of primary amides is 1. The number of carbonyl (C=O) groups excluding carboxylic acids is 2. The number of esters is 1. The van der Waals surface area contributed by atoms with Gasteiger partial charge in [-0.05, 0) is 26.2 Å². The lowest BCUT2D eigenvalue weighted by molar-refractivity contribution is -0.150. The van der Waals surface area contributed by atoms with Crippen molar-refractivity contribution in [1.82, 2.24) is 5.48 Å². The number of amides is 1. The molecule has 1 saturated carbocycles. The number of nitrogens with one attached hydrogen (secondary N) is 1.